The lowest BCUT2D eigenvalue weighted by molar-refractivity contribution is -0.121. The number of epoxide rings is 1. The Morgan fingerprint density at radius 1 is 1.38 bits per heavy atom. The first-order valence-electron chi connectivity index (χ1n) is 6.90. The summed E-state index contributed by atoms with van der Waals surface area (Å²) in [6.07, 6.45) is 8.89. The van der Waals surface area contributed by atoms with E-state index in [1.54, 1.807) is 0 Å². The Morgan fingerprint density at radius 2 is 2.12 bits per heavy atom. The molecule has 0 aromatic rings. The summed E-state index contributed by atoms with van der Waals surface area (Å²) in [5.41, 5.74) is 0.124. The normalized spacial score (nSPS) is 51.1. The molecule has 0 N–H and O–H groups in total. The van der Waals surface area contributed by atoms with Gasteiger partial charge in [0.15, 0.2) is 0 Å². The molecule has 5 atom stereocenters. The number of aldehydes is 1. The van der Waals surface area contributed by atoms with Crippen LogP contribution in [-0.2, 0) is 9.53 Å². The Balaban J connectivity index is 1.87. The Kier molecular flexibility index (Phi) is 2.58. The van der Waals surface area contributed by atoms with Crippen LogP contribution in [0.3, 0.4) is 0 Å². The highest BCUT2D eigenvalue weighted by molar-refractivity contribution is 5.56. The van der Waals surface area contributed by atoms with Crippen molar-refractivity contribution in [1.82, 2.24) is 0 Å². The van der Waals surface area contributed by atoms with E-state index in [2.05, 4.69) is 6.92 Å². The molecule has 1 spiro atoms. The van der Waals surface area contributed by atoms with Gasteiger partial charge in [-0.2, -0.15) is 0 Å². The van der Waals surface area contributed by atoms with Crippen LogP contribution in [0.1, 0.15) is 45.4 Å². The summed E-state index contributed by atoms with van der Waals surface area (Å²) in [6, 6.07) is 0. The molecule has 0 bridgehead atoms. The van der Waals surface area contributed by atoms with E-state index in [-0.39, 0.29) is 11.5 Å². The van der Waals surface area contributed by atoms with E-state index < -0.39 is 0 Å². The smallest absolute Gasteiger partial charge is 0.123 e. The second kappa shape index (κ2) is 3.83. The SMILES string of the molecule is CCC1C(C=O)C2CCCCC2CC12CO2. The number of rotatable bonds is 2. The Labute approximate surface area is 97.7 Å². The summed E-state index contributed by atoms with van der Waals surface area (Å²) in [4.78, 5) is 11.4. The van der Waals surface area contributed by atoms with E-state index in [0.29, 0.717) is 11.8 Å². The molecule has 1 aliphatic heterocycles. The van der Waals surface area contributed by atoms with Gasteiger partial charge in [-0.3, -0.25) is 0 Å². The van der Waals surface area contributed by atoms with Gasteiger partial charge in [-0.05, 0) is 37.0 Å². The third kappa shape index (κ3) is 1.46. The highest BCUT2D eigenvalue weighted by atomic mass is 16.6. The molecular formula is C14H22O2. The predicted molar refractivity (Wildman–Crippen MR) is 62.1 cm³/mol. The zero-order valence-electron chi connectivity index (χ0n) is 10.2. The van der Waals surface area contributed by atoms with E-state index in [1.807, 2.05) is 0 Å². The zero-order chi connectivity index (χ0) is 11.2. The van der Waals surface area contributed by atoms with Crippen molar-refractivity contribution in [2.24, 2.45) is 23.7 Å². The molecule has 2 nitrogen and oxygen atoms in total. The maximum absolute atomic E-state index is 11.4. The van der Waals surface area contributed by atoms with Crippen LogP contribution in [-0.4, -0.2) is 18.5 Å². The fraction of sp³-hybridized carbons (Fsp3) is 0.929. The number of carbonyl (C=O) groups excluding carboxylic acids is 1. The summed E-state index contributed by atoms with van der Waals surface area (Å²) in [6.45, 7) is 3.13. The fourth-order valence-electron chi connectivity index (χ4n) is 4.51. The van der Waals surface area contributed by atoms with Crippen molar-refractivity contribution in [2.75, 3.05) is 6.61 Å². The molecule has 2 saturated carbocycles. The van der Waals surface area contributed by atoms with Crippen molar-refractivity contribution in [1.29, 1.82) is 0 Å². The monoisotopic (exact) mass is 222 g/mol. The minimum atomic E-state index is 0.124. The van der Waals surface area contributed by atoms with Gasteiger partial charge in [0.25, 0.3) is 0 Å². The van der Waals surface area contributed by atoms with Gasteiger partial charge in [0.1, 0.15) is 6.29 Å². The zero-order valence-corrected chi connectivity index (χ0v) is 10.2. The summed E-state index contributed by atoms with van der Waals surface area (Å²) >= 11 is 0. The summed E-state index contributed by atoms with van der Waals surface area (Å²) < 4.78 is 5.76. The number of ether oxygens (including phenoxy) is 1. The number of hydrogen-bond donors (Lipinski definition) is 0. The van der Waals surface area contributed by atoms with Gasteiger partial charge in [0.2, 0.25) is 0 Å². The Hall–Kier alpha value is -0.370. The molecule has 5 unspecified atom stereocenters. The molecule has 3 fully saturated rings. The molecule has 3 aliphatic rings. The van der Waals surface area contributed by atoms with Crippen molar-refractivity contribution in [3.63, 3.8) is 0 Å². The first-order chi connectivity index (χ1) is 7.80. The topological polar surface area (TPSA) is 29.6 Å². The van der Waals surface area contributed by atoms with Gasteiger partial charge in [-0.25, -0.2) is 0 Å². The lowest BCUT2D eigenvalue weighted by Gasteiger charge is -2.46. The first-order valence-corrected chi connectivity index (χ1v) is 6.90. The minimum Gasteiger partial charge on any atom is -0.369 e. The molecule has 16 heavy (non-hydrogen) atoms. The maximum Gasteiger partial charge on any atom is 0.123 e. The van der Waals surface area contributed by atoms with Crippen molar-refractivity contribution >= 4 is 6.29 Å². The lowest BCUT2D eigenvalue weighted by Crippen LogP contribution is -2.46. The number of carbonyl (C=O) groups is 1. The molecule has 0 aromatic carbocycles. The third-order valence-electron chi connectivity index (χ3n) is 5.32. The highest BCUT2D eigenvalue weighted by Crippen LogP contribution is 2.56. The van der Waals surface area contributed by atoms with E-state index in [4.69, 9.17) is 4.74 Å². The summed E-state index contributed by atoms with van der Waals surface area (Å²) in [5.74, 6) is 2.23. The van der Waals surface area contributed by atoms with Gasteiger partial charge >= 0.3 is 0 Å². The molecule has 2 heteroatoms. The molecule has 1 heterocycles. The van der Waals surface area contributed by atoms with Crippen LogP contribution in [0.4, 0.5) is 0 Å². The van der Waals surface area contributed by atoms with E-state index in [9.17, 15) is 4.79 Å². The van der Waals surface area contributed by atoms with Crippen LogP contribution in [0.2, 0.25) is 0 Å². The van der Waals surface area contributed by atoms with E-state index >= 15 is 0 Å². The fourth-order valence-corrected chi connectivity index (χ4v) is 4.51. The number of fused-ring (bicyclic) bond motifs is 1. The van der Waals surface area contributed by atoms with Crippen LogP contribution in [0.25, 0.3) is 0 Å². The van der Waals surface area contributed by atoms with E-state index in [1.165, 1.54) is 38.4 Å². The van der Waals surface area contributed by atoms with Gasteiger partial charge in [-0.15, -0.1) is 0 Å². The van der Waals surface area contributed by atoms with Crippen molar-refractivity contribution in [3.8, 4) is 0 Å². The largest absolute Gasteiger partial charge is 0.369 e. The second-order valence-electron chi connectivity index (χ2n) is 5.99. The average Bonchev–Trinajstić information content (AvgIpc) is 3.07. The molecule has 0 radical (unpaired) electrons. The second-order valence-corrected chi connectivity index (χ2v) is 5.99. The van der Waals surface area contributed by atoms with Crippen molar-refractivity contribution < 1.29 is 9.53 Å². The third-order valence-corrected chi connectivity index (χ3v) is 5.32. The van der Waals surface area contributed by atoms with Crippen molar-refractivity contribution in [2.45, 2.75) is 51.0 Å². The average molecular weight is 222 g/mol. The van der Waals surface area contributed by atoms with Crippen LogP contribution in [0.5, 0.6) is 0 Å². The highest BCUT2D eigenvalue weighted by Gasteiger charge is 2.60. The first kappa shape index (κ1) is 10.8. The van der Waals surface area contributed by atoms with Crippen molar-refractivity contribution in [3.05, 3.63) is 0 Å². The predicted octanol–water partition coefficient (Wildman–Crippen LogP) is 2.81. The van der Waals surface area contributed by atoms with Gasteiger partial charge in [-0.1, -0.05) is 26.2 Å². The van der Waals surface area contributed by atoms with Crippen LogP contribution in [0.15, 0.2) is 0 Å². The standard InChI is InChI=1S/C14H22O2/c1-2-13-12(8-15)11-6-4-3-5-10(11)7-14(13)9-16-14/h8,10-13H,2-7,9H2,1H3. The van der Waals surface area contributed by atoms with Gasteiger partial charge in [0.05, 0.1) is 12.2 Å². The molecule has 90 valence electrons. The maximum atomic E-state index is 11.4. The van der Waals surface area contributed by atoms with Crippen LogP contribution >= 0.6 is 0 Å². The summed E-state index contributed by atoms with van der Waals surface area (Å²) in [5, 5.41) is 0. The Bertz CT molecular complexity index is 282. The lowest BCUT2D eigenvalue weighted by atomic mass is 9.57. The van der Waals surface area contributed by atoms with E-state index in [0.717, 1.165) is 18.9 Å². The minimum absolute atomic E-state index is 0.124. The molecule has 0 amide bonds. The molecule has 2 aliphatic carbocycles. The van der Waals surface area contributed by atoms with Crippen LogP contribution in [0, 0.1) is 23.7 Å². The van der Waals surface area contributed by atoms with Crippen LogP contribution < -0.4 is 0 Å². The molecule has 1 saturated heterocycles. The van der Waals surface area contributed by atoms with Gasteiger partial charge < -0.3 is 9.53 Å². The Morgan fingerprint density at radius 3 is 2.75 bits per heavy atom. The molecular weight excluding hydrogens is 200 g/mol. The van der Waals surface area contributed by atoms with Gasteiger partial charge in [0, 0.05) is 5.92 Å². The molecule has 0 aromatic heterocycles. The quantitative estimate of drug-likeness (QED) is 0.531. The molecule has 3 rings (SSSR count). The summed E-state index contributed by atoms with van der Waals surface area (Å²) in [7, 11) is 0. The number of hydrogen-bond acceptors (Lipinski definition) is 2.